The van der Waals surface area contributed by atoms with Gasteiger partial charge in [0.1, 0.15) is 12.4 Å². The van der Waals surface area contributed by atoms with Crippen LogP contribution in [-0.4, -0.2) is 17.2 Å². The monoisotopic (exact) mass is 504 g/mol. The predicted molar refractivity (Wildman–Crippen MR) is 153 cm³/mol. The molecule has 0 spiro atoms. The number of rotatable bonds is 10. The van der Waals surface area contributed by atoms with Gasteiger partial charge in [0, 0.05) is 23.5 Å². The van der Waals surface area contributed by atoms with Crippen molar-refractivity contribution in [2.75, 3.05) is 6.54 Å². The Kier molecular flexibility index (Phi) is 6.98. The zero-order chi connectivity index (χ0) is 25.9. The molecule has 5 aromatic rings. The molecule has 4 heteroatoms. The lowest BCUT2D eigenvalue weighted by atomic mass is 10.0. The molecule has 0 aliphatic heterocycles. The summed E-state index contributed by atoms with van der Waals surface area (Å²) >= 11 is 0. The number of benzene rings is 4. The van der Waals surface area contributed by atoms with Gasteiger partial charge in [-0.2, -0.15) is 0 Å². The molecular weight excluding hydrogens is 471 g/mol. The number of halogens is 1. The molecule has 192 valence electrons. The standard InChI is InChI=1S/C34H33FN2O/c1-24-7-5-6-10-30(24)34-33(35)31-21-29(38-23-27-8-3-2-4-9-27)17-18-32(31)37(34)22-26-13-11-25(12-14-26)19-20-36-28-15-16-28/h2-14,17-18,21,28,36H,15-16,19-20,22-23H2,1H3. The lowest BCUT2D eigenvalue weighted by Crippen LogP contribution is -2.19. The van der Waals surface area contributed by atoms with Crippen molar-refractivity contribution >= 4 is 10.9 Å². The Morgan fingerprint density at radius 1 is 0.842 bits per heavy atom. The summed E-state index contributed by atoms with van der Waals surface area (Å²) in [5.41, 5.74) is 7.01. The predicted octanol–water partition coefficient (Wildman–Crippen LogP) is 7.68. The number of aromatic nitrogens is 1. The normalized spacial score (nSPS) is 13.2. The van der Waals surface area contributed by atoms with Crippen molar-refractivity contribution in [2.45, 2.75) is 45.4 Å². The Labute approximate surface area is 223 Å². The van der Waals surface area contributed by atoms with Gasteiger partial charge in [-0.05, 0) is 73.2 Å². The smallest absolute Gasteiger partial charge is 0.156 e. The van der Waals surface area contributed by atoms with E-state index < -0.39 is 0 Å². The molecule has 1 saturated carbocycles. The van der Waals surface area contributed by atoms with Gasteiger partial charge in [-0.15, -0.1) is 0 Å². The molecule has 0 amide bonds. The number of nitrogens with zero attached hydrogens (tertiary/aromatic N) is 1. The van der Waals surface area contributed by atoms with E-state index in [1.165, 1.54) is 18.4 Å². The lowest BCUT2D eigenvalue weighted by Gasteiger charge is -2.14. The molecule has 4 aromatic carbocycles. The molecule has 3 nitrogen and oxygen atoms in total. The Morgan fingerprint density at radius 3 is 2.34 bits per heavy atom. The summed E-state index contributed by atoms with van der Waals surface area (Å²) < 4.78 is 24.3. The van der Waals surface area contributed by atoms with E-state index in [1.807, 2.05) is 79.7 Å². The topological polar surface area (TPSA) is 26.2 Å². The molecule has 0 bridgehead atoms. The number of hydrogen-bond donors (Lipinski definition) is 1. The van der Waals surface area contributed by atoms with Crippen LogP contribution in [0.25, 0.3) is 22.2 Å². The number of fused-ring (bicyclic) bond motifs is 1. The maximum Gasteiger partial charge on any atom is 0.156 e. The van der Waals surface area contributed by atoms with Crippen LogP contribution in [0.15, 0.2) is 97.1 Å². The first-order valence-corrected chi connectivity index (χ1v) is 13.5. The van der Waals surface area contributed by atoms with Gasteiger partial charge in [0.05, 0.1) is 11.2 Å². The molecule has 0 atom stereocenters. The third-order valence-corrected chi connectivity index (χ3v) is 7.41. The second-order valence-corrected chi connectivity index (χ2v) is 10.3. The third kappa shape index (κ3) is 5.36. The highest BCUT2D eigenvalue weighted by atomic mass is 19.1. The average molecular weight is 505 g/mol. The Hall–Kier alpha value is -3.89. The summed E-state index contributed by atoms with van der Waals surface area (Å²) in [5, 5.41) is 4.16. The molecule has 0 unspecified atom stereocenters. The van der Waals surface area contributed by atoms with E-state index in [0.717, 1.165) is 46.8 Å². The quantitative estimate of drug-likeness (QED) is 0.211. The van der Waals surface area contributed by atoms with Crippen molar-refractivity contribution in [1.29, 1.82) is 0 Å². The van der Waals surface area contributed by atoms with Crippen LogP contribution in [0.4, 0.5) is 4.39 Å². The molecule has 1 N–H and O–H groups in total. The Bertz CT molecular complexity index is 1530. The van der Waals surface area contributed by atoms with Crippen LogP contribution in [0.2, 0.25) is 0 Å². The number of nitrogens with one attached hydrogen (secondary N) is 1. The minimum Gasteiger partial charge on any atom is -0.489 e. The van der Waals surface area contributed by atoms with E-state index in [2.05, 4.69) is 34.1 Å². The minimum absolute atomic E-state index is 0.206. The van der Waals surface area contributed by atoms with Crippen molar-refractivity contribution in [1.82, 2.24) is 9.88 Å². The SMILES string of the molecule is Cc1ccccc1-c1c(F)c2cc(OCc3ccccc3)ccc2n1Cc1ccc(CCNC2CC2)cc1. The number of ether oxygens (including phenoxy) is 1. The third-order valence-electron chi connectivity index (χ3n) is 7.41. The summed E-state index contributed by atoms with van der Waals surface area (Å²) in [5.74, 6) is 0.458. The van der Waals surface area contributed by atoms with Crippen LogP contribution in [-0.2, 0) is 19.6 Å². The highest BCUT2D eigenvalue weighted by molar-refractivity contribution is 5.89. The van der Waals surface area contributed by atoms with Crippen molar-refractivity contribution in [3.05, 3.63) is 125 Å². The van der Waals surface area contributed by atoms with Gasteiger partial charge >= 0.3 is 0 Å². The van der Waals surface area contributed by atoms with Gasteiger partial charge in [0.2, 0.25) is 0 Å². The molecule has 38 heavy (non-hydrogen) atoms. The maximum atomic E-state index is 16.2. The lowest BCUT2D eigenvalue weighted by molar-refractivity contribution is 0.306. The summed E-state index contributed by atoms with van der Waals surface area (Å²) in [6, 6.07) is 33.3. The molecule has 0 radical (unpaired) electrons. The van der Waals surface area contributed by atoms with Crippen LogP contribution in [0.1, 0.15) is 35.1 Å². The fourth-order valence-corrected chi connectivity index (χ4v) is 5.09. The van der Waals surface area contributed by atoms with Crippen molar-refractivity contribution < 1.29 is 9.13 Å². The first-order chi connectivity index (χ1) is 18.7. The van der Waals surface area contributed by atoms with E-state index in [9.17, 15) is 0 Å². The Morgan fingerprint density at radius 2 is 1.58 bits per heavy atom. The van der Waals surface area contributed by atoms with E-state index in [1.54, 1.807) is 0 Å². The molecule has 1 fully saturated rings. The first-order valence-electron chi connectivity index (χ1n) is 13.5. The van der Waals surface area contributed by atoms with Crippen molar-refractivity contribution in [3.63, 3.8) is 0 Å². The van der Waals surface area contributed by atoms with Gasteiger partial charge in [0.15, 0.2) is 5.82 Å². The van der Waals surface area contributed by atoms with E-state index in [0.29, 0.717) is 30.0 Å². The van der Waals surface area contributed by atoms with Gasteiger partial charge in [0.25, 0.3) is 0 Å². The zero-order valence-corrected chi connectivity index (χ0v) is 21.8. The maximum absolute atomic E-state index is 16.2. The van der Waals surface area contributed by atoms with Crippen LogP contribution in [0.5, 0.6) is 5.75 Å². The second kappa shape index (κ2) is 10.8. The number of hydrogen-bond acceptors (Lipinski definition) is 2. The summed E-state index contributed by atoms with van der Waals surface area (Å²) in [6.45, 7) is 4.09. The summed E-state index contributed by atoms with van der Waals surface area (Å²) in [4.78, 5) is 0. The van der Waals surface area contributed by atoms with Gasteiger partial charge < -0.3 is 14.6 Å². The molecule has 0 saturated heterocycles. The van der Waals surface area contributed by atoms with Gasteiger partial charge in [-0.1, -0.05) is 78.9 Å². The highest BCUT2D eigenvalue weighted by Gasteiger charge is 2.21. The minimum atomic E-state index is -0.206. The van der Waals surface area contributed by atoms with E-state index in [4.69, 9.17) is 4.74 Å². The molecule has 1 aromatic heterocycles. The molecular formula is C34H33FN2O. The second-order valence-electron chi connectivity index (χ2n) is 10.3. The largest absolute Gasteiger partial charge is 0.489 e. The van der Waals surface area contributed by atoms with Crippen LogP contribution in [0, 0.1) is 12.7 Å². The fourth-order valence-electron chi connectivity index (χ4n) is 5.09. The van der Waals surface area contributed by atoms with Crippen LogP contribution >= 0.6 is 0 Å². The molecule has 6 rings (SSSR count). The Balaban J connectivity index is 1.32. The van der Waals surface area contributed by atoms with Gasteiger partial charge in [-0.25, -0.2) is 4.39 Å². The van der Waals surface area contributed by atoms with Gasteiger partial charge in [-0.3, -0.25) is 0 Å². The summed E-state index contributed by atoms with van der Waals surface area (Å²) in [6.07, 6.45) is 3.65. The number of aryl methyl sites for hydroxylation is 1. The van der Waals surface area contributed by atoms with Crippen molar-refractivity contribution in [2.24, 2.45) is 0 Å². The molecule has 1 aliphatic rings. The fraction of sp³-hybridized carbons (Fsp3) is 0.235. The van der Waals surface area contributed by atoms with Crippen molar-refractivity contribution in [3.8, 4) is 17.0 Å². The zero-order valence-electron chi connectivity index (χ0n) is 21.8. The first kappa shape index (κ1) is 24.4. The highest BCUT2D eigenvalue weighted by Crippen LogP contribution is 2.36. The van der Waals surface area contributed by atoms with Crippen LogP contribution in [0.3, 0.4) is 0 Å². The summed E-state index contributed by atoms with van der Waals surface area (Å²) in [7, 11) is 0. The molecule has 1 heterocycles. The van der Waals surface area contributed by atoms with E-state index in [-0.39, 0.29) is 5.82 Å². The van der Waals surface area contributed by atoms with Crippen LogP contribution < -0.4 is 10.1 Å². The molecule has 1 aliphatic carbocycles. The average Bonchev–Trinajstić information content (AvgIpc) is 3.74. The van der Waals surface area contributed by atoms with E-state index >= 15 is 4.39 Å².